The molecule has 1 N–H and O–H groups in total. The number of ether oxygens (including phenoxy) is 6. The number of carbonyl (C=O) groups excluding carboxylic acids is 1. The Balaban J connectivity index is 1.78. The highest BCUT2D eigenvalue weighted by Crippen LogP contribution is 2.37. The van der Waals surface area contributed by atoms with Gasteiger partial charge in [0, 0.05) is 41.4 Å². The van der Waals surface area contributed by atoms with Gasteiger partial charge < -0.3 is 33.7 Å². The van der Waals surface area contributed by atoms with E-state index in [-0.39, 0.29) is 5.91 Å². The van der Waals surface area contributed by atoms with Crippen molar-refractivity contribution in [3.63, 3.8) is 0 Å². The van der Waals surface area contributed by atoms with Crippen LogP contribution in [0.25, 0.3) is 10.8 Å². The third kappa shape index (κ3) is 5.36. The number of pyridine rings is 1. The van der Waals surface area contributed by atoms with Crippen LogP contribution in [0.4, 0.5) is 5.69 Å². The van der Waals surface area contributed by atoms with E-state index < -0.39 is 0 Å². The maximum atomic E-state index is 13.3. The van der Waals surface area contributed by atoms with E-state index >= 15 is 0 Å². The lowest BCUT2D eigenvalue weighted by Gasteiger charge is -2.17. The number of nitrogens with one attached hydrogen (secondary N) is 1. The molecule has 0 saturated heterocycles. The second-order valence-electron chi connectivity index (χ2n) is 8.28. The summed E-state index contributed by atoms with van der Waals surface area (Å²) in [5, 5.41) is 4.85. The van der Waals surface area contributed by atoms with Crippen molar-refractivity contribution in [1.29, 1.82) is 0 Å². The first-order valence-electron chi connectivity index (χ1n) is 11.7. The largest absolute Gasteiger partial charge is 0.497 e. The molecule has 0 bridgehead atoms. The summed E-state index contributed by atoms with van der Waals surface area (Å²) in [6.45, 7) is 0. The van der Waals surface area contributed by atoms with Crippen molar-refractivity contribution in [3.05, 3.63) is 71.5 Å². The first-order valence-corrected chi connectivity index (χ1v) is 11.7. The van der Waals surface area contributed by atoms with Gasteiger partial charge >= 0.3 is 0 Å². The molecule has 0 unspecified atom stereocenters. The highest BCUT2D eigenvalue weighted by molar-refractivity contribution is 6.05. The van der Waals surface area contributed by atoms with Crippen molar-refractivity contribution in [3.8, 4) is 34.5 Å². The number of benzene rings is 3. The molecule has 1 aromatic heterocycles. The molecule has 0 radical (unpaired) electrons. The maximum absolute atomic E-state index is 13.3. The van der Waals surface area contributed by atoms with Crippen LogP contribution in [0.3, 0.4) is 0 Å². The van der Waals surface area contributed by atoms with Crippen molar-refractivity contribution in [2.45, 2.75) is 6.42 Å². The normalized spacial score (nSPS) is 10.6. The van der Waals surface area contributed by atoms with E-state index in [2.05, 4.69) is 10.3 Å². The zero-order chi connectivity index (χ0) is 27.2. The van der Waals surface area contributed by atoms with Crippen LogP contribution in [-0.4, -0.2) is 53.5 Å². The first-order chi connectivity index (χ1) is 18.4. The van der Waals surface area contributed by atoms with Crippen LogP contribution < -0.4 is 33.7 Å². The SMILES string of the molecule is COc1cc(OC)cc(C(=O)Nc2cc(OC)c(OC)cc2Cc2nccc3cc(OC)c(OC)cc23)c1. The molecule has 9 heteroatoms. The Morgan fingerprint density at radius 2 is 1.29 bits per heavy atom. The van der Waals surface area contributed by atoms with Crippen molar-refractivity contribution >= 4 is 22.4 Å². The van der Waals surface area contributed by atoms with Gasteiger partial charge in [-0.15, -0.1) is 0 Å². The minimum atomic E-state index is -0.340. The van der Waals surface area contributed by atoms with Crippen LogP contribution in [0.15, 0.2) is 54.7 Å². The smallest absolute Gasteiger partial charge is 0.255 e. The monoisotopic (exact) mass is 518 g/mol. The zero-order valence-electron chi connectivity index (χ0n) is 22.2. The molecule has 3 aromatic carbocycles. The van der Waals surface area contributed by atoms with Crippen molar-refractivity contribution in [2.24, 2.45) is 0 Å². The van der Waals surface area contributed by atoms with Crippen molar-refractivity contribution < 1.29 is 33.2 Å². The van der Waals surface area contributed by atoms with E-state index in [0.717, 1.165) is 22.0 Å². The lowest BCUT2D eigenvalue weighted by atomic mass is 10.0. The quantitative estimate of drug-likeness (QED) is 0.309. The van der Waals surface area contributed by atoms with Gasteiger partial charge in [-0.3, -0.25) is 9.78 Å². The fourth-order valence-electron chi connectivity index (χ4n) is 4.20. The van der Waals surface area contributed by atoms with Crippen molar-refractivity contribution in [1.82, 2.24) is 4.98 Å². The van der Waals surface area contributed by atoms with E-state index in [1.807, 2.05) is 24.3 Å². The summed E-state index contributed by atoms with van der Waals surface area (Å²) in [4.78, 5) is 18.0. The van der Waals surface area contributed by atoms with Crippen LogP contribution >= 0.6 is 0 Å². The van der Waals surface area contributed by atoms with E-state index in [4.69, 9.17) is 28.4 Å². The molecule has 0 aliphatic heterocycles. The Hall–Kier alpha value is -4.66. The number of rotatable bonds is 10. The number of carbonyl (C=O) groups is 1. The predicted molar refractivity (Wildman–Crippen MR) is 145 cm³/mol. The second-order valence-corrected chi connectivity index (χ2v) is 8.28. The summed E-state index contributed by atoms with van der Waals surface area (Å²) in [7, 11) is 9.37. The Kier molecular flexibility index (Phi) is 8.06. The molecule has 198 valence electrons. The summed E-state index contributed by atoms with van der Waals surface area (Å²) < 4.78 is 32.7. The standard InChI is InChI=1S/C29H30N2O7/c1-33-20-9-19(10-21(14-20)34-2)29(32)31-23-16-28(38-6)26(36-4)13-18(23)11-24-22-15-27(37-5)25(35-3)12-17(22)7-8-30-24/h7-10,12-16H,11H2,1-6H3,(H,31,32). The van der Waals surface area contributed by atoms with Gasteiger partial charge in [-0.2, -0.15) is 0 Å². The summed E-state index contributed by atoms with van der Waals surface area (Å²) in [6, 6.07) is 14.3. The zero-order valence-corrected chi connectivity index (χ0v) is 22.2. The number of fused-ring (bicyclic) bond motifs is 1. The average Bonchev–Trinajstić information content (AvgIpc) is 2.96. The van der Waals surface area contributed by atoms with E-state index in [0.29, 0.717) is 52.2 Å². The van der Waals surface area contributed by atoms with E-state index in [9.17, 15) is 4.79 Å². The topological polar surface area (TPSA) is 97.4 Å². The molecule has 1 heterocycles. The number of aromatic nitrogens is 1. The second kappa shape index (κ2) is 11.6. The third-order valence-electron chi connectivity index (χ3n) is 6.18. The van der Waals surface area contributed by atoms with Crippen LogP contribution in [0.2, 0.25) is 0 Å². The van der Waals surface area contributed by atoms with Gasteiger partial charge in [0.05, 0.1) is 48.4 Å². The number of hydrogen-bond donors (Lipinski definition) is 1. The summed E-state index contributed by atoms with van der Waals surface area (Å²) in [6.07, 6.45) is 2.13. The number of nitrogens with zero attached hydrogens (tertiary/aromatic N) is 1. The predicted octanol–water partition coefficient (Wildman–Crippen LogP) is 5.13. The minimum absolute atomic E-state index is 0.340. The van der Waals surface area contributed by atoms with Gasteiger partial charge in [-0.25, -0.2) is 0 Å². The van der Waals surface area contributed by atoms with Crippen LogP contribution in [0.1, 0.15) is 21.6 Å². The average molecular weight is 519 g/mol. The molecule has 0 spiro atoms. The highest BCUT2D eigenvalue weighted by atomic mass is 16.5. The first kappa shape index (κ1) is 26.4. The fraction of sp³-hybridized carbons (Fsp3) is 0.241. The third-order valence-corrected chi connectivity index (χ3v) is 6.18. The molecule has 0 saturated carbocycles. The number of amides is 1. The Morgan fingerprint density at radius 3 is 1.89 bits per heavy atom. The molecule has 4 aromatic rings. The number of methoxy groups -OCH3 is 6. The molecule has 0 fully saturated rings. The summed E-state index contributed by atoms with van der Waals surface area (Å²) >= 11 is 0. The van der Waals surface area contributed by atoms with E-state index in [1.54, 1.807) is 58.9 Å². The Morgan fingerprint density at radius 1 is 0.711 bits per heavy atom. The number of anilines is 1. The van der Waals surface area contributed by atoms with Gasteiger partial charge in [-0.05, 0) is 47.3 Å². The highest BCUT2D eigenvalue weighted by Gasteiger charge is 2.18. The Bertz CT molecular complexity index is 1450. The molecule has 0 aliphatic rings. The summed E-state index contributed by atoms with van der Waals surface area (Å²) in [5.74, 6) is 2.91. The van der Waals surface area contributed by atoms with Gasteiger partial charge in [0.15, 0.2) is 23.0 Å². The van der Waals surface area contributed by atoms with Crippen LogP contribution in [0, 0.1) is 0 Å². The molecule has 0 aliphatic carbocycles. The van der Waals surface area contributed by atoms with Crippen LogP contribution in [0.5, 0.6) is 34.5 Å². The molecular weight excluding hydrogens is 488 g/mol. The fourth-order valence-corrected chi connectivity index (χ4v) is 4.20. The van der Waals surface area contributed by atoms with E-state index in [1.165, 1.54) is 14.2 Å². The lowest BCUT2D eigenvalue weighted by Crippen LogP contribution is -2.14. The van der Waals surface area contributed by atoms with Crippen molar-refractivity contribution in [2.75, 3.05) is 48.0 Å². The number of hydrogen-bond acceptors (Lipinski definition) is 8. The minimum Gasteiger partial charge on any atom is -0.497 e. The molecular formula is C29H30N2O7. The van der Waals surface area contributed by atoms with Crippen LogP contribution in [-0.2, 0) is 6.42 Å². The van der Waals surface area contributed by atoms with Gasteiger partial charge in [0.25, 0.3) is 5.91 Å². The lowest BCUT2D eigenvalue weighted by molar-refractivity contribution is 0.102. The summed E-state index contributed by atoms with van der Waals surface area (Å²) in [5.41, 5.74) is 2.49. The molecule has 9 nitrogen and oxygen atoms in total. The Labute approximate surface area is 221 Å². The molecule has 1 amide bonds. The van der Waals surface area contributed by atoms with Gasteiger partial charge in [0.1, 0.15) is 11.5 Å². The molecule has 38 heavy (non-hydrogen) atoms. The molecule has 0 atom stereocenters. The molecule has 4 rings (SSSR count). The van der Waals surface area contributed by atoms with Gasteiger partial charge in [-0.1, -0.05) is 0 Å². The maximum Gasteiger partial charge on any atom is 0.255 e. The van der Waals surface area contributed by atoms with Gasteiger partial charge in [0.2, 0.25) is 0 Å².